The Hall–Kier alpha value is -2.96. The number of ether oxygens (including phenoxy) is 2. The van der Waals surface area contributed by atoms with Gasteiger partial charge in [0, 0.05) is 19.6 Å². The second-order valence-electron chi connectivity index (χ2n) is 7.09. The number of likely N-dealkylation sites (tertiary alicyclic amines) is 1. The number of benzene rings is 1. The monoisotopic (exact) mass is 384 g/mol. The number of nitrogens with one attached hydrogen (secondary N) is 1. The maximum Gasteiger partial charge on any atom is 0.289 e. The van der Waals surface area contributed by atoms with Crippen molar-refractivity contribution in [2.24, 2.45) is 5.92 Å². The summed E-state index contributed by atoms with van der Waals surface area (Å²) in [6.07, 6.45) is 3.80. The first kappa shape index (κ1) is 18.4. The van der Waals surface area contributed by atoms with Gasteiger partial charge in [-0.25, -0.2) is 0 Å². The predicted octanol–water partition coefficient (Wildman–Crippen LogP) is 2.26. The van der Waals surface area contributed by atoms with Gasteiger partial charge in [-0.3, -0.25) is 9.59 Å². The van der Waals surface area contributed by atoms with E-state index in [1.807, 2.05) is 18.2 Å². The third-order valence-electron chi connectivity index (χ3n) is 5.13. The number of amides is 2. The van der Waals surface area contributed by atoms with Gasteiger partial charge in [-0.05, 0) is 49.1 Å². The second kappa shape index (κ2) is 8.37. The summed E-state index contributed by atoms with van der Waals surface area (Å²) >= 11 is 0. The summed E-state index contributed by atoms with van der Waals surface area (Å²) in [7, 11) is 0. The maximum absolute atomic E-state index is 12.6. The molecular formula is C21H24N2O5. The molecule has 2 aliphatic heterocycles. The summed E-state index contributed by atoms with van der Waals surface area (Å²) in [6, 6.07) is 9.21. The molecular weight excluding hydrogens is 360 g/mol. The fourth-order valence-corrected chi connectivity index (χ4v) is 3.65. The Morgan fingerprint density at radius 2 is 2.00 bits per heavy atom. The van der Waals surface area contributed by atoms with E-state index in [1.54, 1.807) is 17.0 Å². The largest absolute Gasteiger partial charge is 0.486 e. The van der Waals surface area contributed by atoms with Crippen LogP contribution in [-0.4, -0.2) is 49.6 Å². The van der Waals surface area contributed by atoms with Gasteiger partial charge in [0.2, 0.25) is 5.91 Å². The van der Waals surface area contributed by atoms with Crippen molar-refractivity contribution < 1.29 is 23.5 Å². The van der Waals surface area contributed by atoms with Crippen LogP contribution in [0.25, 0.3) is 0 Å². The molecule has 0 saturated carbocycles. The zero-order valence-corrected chi connectivity index (χ0v) is 15.7. The Morgan fingerprint density at radius 1 is 1.14 bits per heavy atom. The number of rotatable bonds is 5. The number of furan rings is 1. The molecule has 1 saturated heterocycles. The second-order valence-corrected chi connectivity index (χ2v) is 7.09. The van der Waals surface area contributed by atoms with Crippen LogP contribution in [0.3, 0.4) is 0 Å². The van der Waals surface area contributed by atoms with Crippen molar-refractivity contribution >= 4 is 11.8 Å². The normalized spacial score (nSPS) is 18.6. The van der Waals surface area contributed by atoms with Crippen LogP contribution in [0.5, 0.6) is 11.5 Å². The third-order valence-corrected chi connectivity index (χ3v) is 5.13. The quantitative estimate of drug-likeness (QED) is 0.855. The van der Waals surface area contributed by atoms with Crippen molar-refractivity contribution in [2.75, 3.05) is 32.8 Å². The van der Waals surface area contributed by atoms with Crippen LogP contribution in [0, 0.1) is 5.92 Å². The molecule has 28 heavy (non-hydrogen) atoms. The highest BCUT2D eigenvalue weighted by atomic mass is 16.6. The third kappa shape index (κ3) is 4.13. The van der Waals surface area contributed by atoms with Crippen LogP contribution in [0.15, 0.2) is 41.0 Å². The average Bonchev–Trinajstić information content (AvgIpc) is 3.28. The molecule has 1 aromatic carbocycles. The van der Waals surface area contributed by atoms with Gasteiger partial charge in [-0.1, -0.05) is 6.07 Å². The number of hydrogen-bond donors (Lipinski definition) is 1. The summed E-state index contributed by atoms with van der Waals surface area (Å²) in [5.74, 6) is 1.50. The van der Waals surface area contributed by atoms with Gasteiger partial charge in [0.15, 0.2) is 17.3 Å². The van der Waals surface area contributed by atoms with Gasteiger partial charge >= 0.3 is 0 Å². The Morgan fingerprint density at radius 3 is 2.82 bits per heavy atom. The van der Waals surface area contributed by atoms with Crippen molar-refractivity contribution in [3.63, 3.8) is 0 Å². The van der Waals surface area contributed by atoms with Crippen LogP contribution < -0.4 is 14.8 Å². The topological polar surface area (TPSA) is 81.0 Å². The molecule has 0 bridgehead atoms. The molecule has 1 atom stereocenters. The fraction of sp³-hybridized carbons (Fsp3) is 0.429. The molecule has 7 nitrogen and oxygen atoms in total. The van der Waals surface area contributed by atoms with Gasteiger partial charge in [-0.2, -0.15) is 0 Å². The predicted molar refractivity (Wildman–Crippen MR) is 101 cm³/mol. The summed E-state index contributed by atoms with van der Waals surface area (Å²) in [4.78, 5) is 26.7. The van der Waals surface area contributed by atoms with E-state index in [0.29, 0.717) is 45.0 Å². The molecule has 1 aromatic heterocycles. The number of nitrogens with zero attached hydrogens (tertiary/aromatic N) is 1. The minimum Gasteiger partial charge on any atom is -0.486 e. The lowest BCUT2D eigenvalue weighted by Crippen LogP contribution is -2.45. The van der Waals surface area contributed by atoms with Crippen LogP contribution in [0.4, 0.5) is 0 Å². The smallest absolute Gasteiger partial charge is 0.289 e. The molecule has 1 unspecified atom stereocenters. The Bertz CT molecular complexity index is 833. The minimum absolute atomic E-state index is 0.00510. The van der Waals surface area contributed by atoms with Crippen LogP contribution in [-0.2, 0) is 11.2 Å². The lowest BCUT2D eigenvalue weighted by Gasteiger charge is -2.31. The van der Waals surface area contributed by atoms with Gasteiger partial charge in [-0.15, -0.1) is 0 Å². The van der Waals surface area contributed by atoms with Crippen LogP contribution >= 0.6 is 0 Å². The van der Waals surface area contributed by atoms with E-state index in [1.165, 1.54) is 6.26 Å². The number of hydrogen-bond acceptors (Lipinski definition) is 5. The van der Waals surface area contributed by atoms with Crippen molar-refractivity contribution in [1.29, 1.82) is 0 Å². The molecule has 0 radical (unpaired) electrons. The Balaban J connectivity index is 1.27. The van der Waals surface area contributed by atoms with E-state index >= 15 is 0 Å². The highest BCUT2D eigenvalue weighted by molar-refractivity contribution is 5.92. The first-order valence-electron chi connectivity index (χ1n) is 9.70. The maximum atomic E-state index is 12.6. The van der Waals surface area contributed by atoms with E-state index in [-0.39, 0.29) is 17.7 Å². The van der Waals surface area contributed by atoms with Gasteiger partial charge < -0.3 is 24.1 Å². The van der Waals surface area contributed by atoms with Crippen molar-refractivity contribution in [3.8, 4) is 11.5 Å². The van der Waals surface area contributed by atoms with Gasteiger partial charge in [0.05, 0.1) is 12.2 Å². The van der Waals surface area contributed by atoms with Crippen LogP contribution in [0.2, 0.25) is 0 Å². The molecule has 1 fully saturated rings. The number of fused-ring (bicyclic) bond motifs is 1. The first-order valence-corrected chi connectivity index (χ1v) is 9.70. The summed E-state index contributed by atoms with van der Waals surface area (Å²) in [5, 5.41) is 3.00. The van der Waals surface area contributed by atoms with E-state index in [0.717, 1.165) is 29.9 Å². The van der Waals surface area contributed by atoms with Crippen LogP contribution in [0.1, 0.15) is 29.0 Å². The summed E-state index contributed by atoms with van der Waals surface area (Å²) < 4.78 is 16.3. The summed E-state index contributed by atoms with van der Waals surface area (Å²) in [6.45, 7) is 2.75. The SMILES string of the molecule is O=C(NCCc1ccc2c(c1)OCCO2)C1CCCN(C(=O)c2ccco2)C1. The number of carbonyl (C=O) groups excluding carboxylic acids is 2. The zero-order chi connectivity index (χ0) is 19.3. The number of carbonyl (C=O) groups is 2. The Kier molecular flexibility index (Phi) is 5.50. The van der Waals surface area contributed by atoms with E-state index in [9.17, 15) is 9.59 Å². The molecule has 1 N–H and O–H groups in total. The molecule has 4 rings (SSSR count). The van der Waals surface area contributed by atoms with Gasteiger partial charge in [0.25, 0.3) is 5.91 Å². The lowest BCUT2D eigenvalue weighted by molar-refractivity contribution is -0.126. The molecule has 2 aromatic rings. The standard InChI is InChI=1S/C21H24N2O5/c24-20(16-3-1-9-23(14-16)21(25)18-4-2-10-26-18)22-8-7-15-5-6-17-19(13-15)28-12-11-27-17/h2,4-6,10,13,16H,1,3,7-9,11-12,14H2,(H,22,24). The highest BCUT2D eigenvalue weighted by Gasteiger charge is 2.29. The van der Waals surface area contributed by atoms with Crippen molar-refractivity contribution in [3.05, 3.63) is 47.9 Å². The molecule has 3 heterocycles. The van der Waals surface area contributed by atoms with Gasteiger partial charge in [0.1, 0.15) is 13.2 Å². The molecule has 148 valence electrons. The zero-order valence-electron chi connectivity index (χ0n) is 15.7. The van der Waals surface area contributed by atoms with E-state index < -0.39 is 0 Å². The fourth-order valence-electron chi connectivity index (χ4n) is 3.65. The minimum atomic E-state index is -0.187. The average molecular weight is 384 g/mol. The van der Waals surface area contributed by atoms with Crippen molar-refractivity contribution in [1.82, 2.24) is 10.2 Å². The first-order chi connectivity index (χ1) is 13.7. The molecule has 2 amide bonds. The molecule has 0 aliphatic carbocycles. The lowest BCUT2D eigenvalue weighted by atomic mass is 9.96. The van der Waals surface area contributed by atoms with E-state index in [2.05, 4.69) is 5.32 Å². The Labute approximate surface area is 163 Å². The highest BCUT2D eigenvalue weighted by Crippen LogP contribution is 2.30. The molecule has 7 heteroatoms. The number of piperidine rings is 1. The molecule has 0 spiro atoms. The van der Waals surface area contributed by atoms with E-state index in [4.69, 9.17) is 13.9 Å². The summed E-state index contributed by atoms with van der Waals surface area (Å²) in [5.41, 5.74) is 1.09. The van der Waals surface area contributed by atoms with Crippen molar-refractivity contribution in [2.45, 2.75) is 19.3 Å². The molecule has 2 aliphatic rings.